The topological polar surface area (TPSA) is 72.4 Å². The molecule has 1 aromatic heterocycles. The molecular weight excluding hydrogens is 230 g/mol. The summed E-state index contributed by atoms with van der Waals surface area (Å²) >= 11 is 0. The van der Waals surface area contributed by atoms with Crippen molar-refractivity contribution in [1.82, 2.24) is 9.88 Å². The monoisotopic (exact) mass is 247 g/mol. The first-order chi connectivity index (χ1) is 6.97. The number of oxazole rings is 1. The van der Waals surface area contributed by atoms with Gasteiger partial charge in [-0.15, -0.1) is 12.4 Å². The lowest BCUT2D eigenvalue weighted by atomic mass is 10.2. The SMILES string of the molecule is Cc1nc(C)c(C(=O)N(C)C(C)CN)o1.Cl. The van der Waals surface area contributed by atoms with Crippen LogP contribution in [0.1, 0.15) is 29.1 Å². The average Bonchev–Trinajstić information content (AvgIpc) is 2.54. The van der Waals surface area contributed by atoms with E-state index in [1.54, 1.807) is 25.8 Å². The highest BCUT2D eigenvalue weighted by Gasteiger charge is 2.22. The summed E-state index contributed by atoms with van der Waals surface area (Å²) in [6.45, 7) is 5.78. The van der Waals surface area contributed by atoms with E-state index in [2.05, 4.69) is 4.98 Å². The Hall–Kier alpha value is -1.07. The smallest absolute Gasteiger partial charge is 0.291 e. The molecule has 6 heteroatoms. The van der Waals surface area contributed by atoms with Crippen LogP contribution in [-0.2, 0) is 0 Å². The summed E-state index contributed by atoms with van der Waals surface area (Å²) in [5, 5.41) is 0. The number of carbonyl (C=O) groups is 1. The molecule has 1 unspecified atom stereocenters. The summed E-state index contributed by atoms with van der Waals surface area (Å²) in [6, 6.07) is -0.0118. The molecule has 1 heterocycles. The Balaban J connectivity index is 0.00000225. The van der Waals surface area contributed by atoms with E-state index in [0.29, 0.717) is 23.9 Å². The van der Waals surface area contributed by atoms with Crippen molar-refractivity contribution in [3.63, 3.8) is 0 Å². The van der Waals surface area contributed by atoms with Crippen LogP contribution in [0.5, 0.6) is 0 Å². The van der Waals surface area contributed by atoms with Crippen molar-refractivity contribution in [3.05, 3.63) is 17.3 Å². The van der Waals surface area contributed by atoms with Gasteiger partial charge in [-0.3, -0.25) is 4.79 Å². The number of aryl methyl sites for hydroxylation is 2. The molecule has 0 aromatic carbocycles. The zero-order valence-corrected chi connectivity index (χ0v) is 10.8. The van der Waals surface area contributed by atoms with Gasteiger partial charge in [-0.05, 0) is 13.8 Å². The molecule has 16 heavy (non-hydrogen) atoms. The second-order valence-corrected chi connectivity index (χ2v) is 3.65. The Morgan fingerprint density at radius 1 is 1.56 bits per heavy atom. The molecule has 0 aliphatic rings. The maximum absolute atomic E-state index is 11.9. The number of carbonyl (C=O) groups excluding carboxylic acids is 1. The maximum Gasteiger partial charge on any atom is 0.291 e. The van der Waals surface area contributed by atoms with Crippen LogP contribution < -0.4 is 5.73 Å². The van der Waals surface area contributed by atoms with Crippen molar-refractivity contribution >= 4 is 18.3 Å². The van der Waals surface area contributed by atoms with E-state index in [1.165, 1.54) is 0 Å². The molecular formula is C10H18ClN3O2. The van der Waals surface area contributed by atoms with Crippen LogP contribution in [0, 0.1) is 13.8 Å². The third-order valence-electron chi connectivity index (χ3n) is 2.42. The van der Waals surface area contributed by atoms with Gasteiger partial charge in [-0.1, -0.05) is 0 Å². The summed E-state index contributed by atoms with van der Waals surface area (Å²) in [7, 11) is 1.71. The van der Waals surface area contributed by atoms with Crippen LogP contribution in [0.4, 0.5) is 0 Å². The van der Waals surface area contributed by atoms with Crippen LogP contribution in [0.25, 0.3) is 0 Å². The fourth-order valence-corrected chi connectivity index (χ4v) is 1.25. The lowest BCUT2D eigenvalue weighted by Gasteiger charge is -2.22. The molecule has 1 rings (SSSR count). The molecule has 0 saturated carbocycles. The first-order valence-electron chi connectivity index (χ1n) is 4.88. The minimum Gasteiger partial charge on any atom is -0.436 e. The second-order valence-electron chi connectivity index (χ2n) is 3.65. The quantitative estimate of drug-likeness (QED) is 0.869. The predicted molar refractivity (Wildman–Crippen MR) is 63.8 cm³/mol. The minimum atomic E-state index is -0.175. The van der Waals surface area contributed by atoms with Gasteiger partial charge in [0.15, 0.2) is 5.89 Å². The zero-order valence-electron chi connectivity index (χ0n) is 9.98. The summed E-state index contributed by atoms with van der Waals surface area (Å²) in [6.07, 6.45) is 0. The normalized spacial score (nSPS) is 11.8. The molecule has 1 amide bonds. The number of hydrogen-bond donors (Lipinski definition) is 1. The van der Waals surface area contributed by atoms with Crippen LogP contribution in [0.3, 0.4) is 0 Å². The van der Waals surface area contributed by atoms with E-state index >= 15 is 0 Å². The van der Waals surface area contributed by atoms with Crippen LogP contribution in [0.2, 0.25) is 0 Å². The Morgan fingerprint density at radius 2 is 2.12 bits per heavy atom. The summed E-state index contributed by atoms with van der Waals surface area (Å²) in [5.41, 5.74) is 6.11. The standard InChI is InChI=1S/C10H17N3O2.ClH/c1-6(5-11)13(4)10(14)9-7(2)12-8(3)15-9;/h6H,5,11H2,1-4H3;1H. The maximum atomic E-state index is 11.9. The molecule has 92 valence electrons. The van der Waals surface area contributed by atoms with Crippen molar-refractivity contribution < 1.29 is 9.21 Å². The van der Waals surface area contributed by atoms with E-state index in [9.17, 15) is 4.79 Å². The Kier molecular flexibility index (Phi) is 5.47. The predicted octanol–water partition coefficient (Wildman–Crippen LogP) is 1.13. The fraction of sp³-hybridized carbons (Fsp3) is 0.600. The summed E-state index contributed by atoms with van der Waals surface area (Å²) in [4.78, 5) is 17.5. The molecule has 5 nitrogen and oxygen atoms in total. The van der Waals surface area contributed by atoms with Crippen molar-refractivity contribution in [2.45, 2.75) is 26.8 Å². The van der Waals surface area contributed by atoms with Gasteiger partial charge in [0, 0.05) is 26.6 Å². The highest BCUT2D eigenvalue weighted by Crippen LogP contribution is 2.12. The van der Waals surface area contributed by atoms with Gasteiger partial charge in [0.25, 0.3) is 5.91 Å². The van der Waals surface area contributed by atoms with Crippen molar-refractivity contribution in [1.29, 1.82) is 0 Å². The molecule has 1 atom stereocenters. The van der Waals surface area contributed by atoms with Crippen LogP contribution >= 0.6 is 12.4 Å². The highest BCUT2D eigenvalue weighted by atomic mass is 35.5. The summed E-state index contributed by atoms with van der Waals surface area (Å²) < 4.78 is 5.25. The van der Waals surface area contributed by atoms with Crippen LogP contribution in [-0.4, -0.2) is 35.4 Å². The molecule has 2 N–H and O–H groups in total. The molecule has 0 spiro atoms. The Labute approximate surface area is 101 Å². The number of nitrogens with two attached hydrogens (primary N) is 1. The van der Waals surface area contributed by atoms with E-state index in [0.717, 1.165) is 0 Å². The number of nitrogens with zero attached hydrogens (tertiary/aromatic N) is 2. The molecule has 0 bridgehead atoms. The third kappa shape index (κ3) is 2.96. The Bertz CT molecular complexity index is 365. The average molecular weight is 248 g/mol. The van der Waals surface area contributed by atoms with E-state index < -0.39 is 0 Å². The minimum absolute atomic E-state index is 0. The lowest BCUT2D eigenvalue weighted by Crippen LogP contribution is -2.39. The first kappa shape index (κ1) is 14.9. The van der Waals surface area contributed by atoms with E-state index in [4.69, 9.17) is 10.2 Å². The largest absolute Gasteiger partial charge is 0.436 e. The molecule has 0 aliphatic heterocycles. The molecule has 0 radical (unpaired) electrons. The van der Waals surface area contributed by atoms with E-state index in [-0.39, 0.29) is 24.4 Å². The van der Waals surface area contributed by atoms with Gasteiger partial charge < -0.3 is 15.1 Å². The molecule has 0 saturated heterocycles. The second kappa shape index (κ2) is 5.86. The number of hydrogen-bond acceptors (Lipinski definition) is 4. The highest BCUT2D eigenvalue weighted by molar-refractivity contribution is 5.92. The van der Waals surface area contributed by atoms with Crippen molar-refractivity contribution in [2.75, 3.05) is 13.6 Å². The number of halogens is 1. The molecule has 0 aliphatic carbocycles. The van der Waals surface area contributed by atoms with Gasteiger partial charge in [0.2, 0.25) is 5.76 Å². The number of amides is 1. The van der Waals surface area contributed by atoms with Gasteiger partial charge in [0.05, 0.1) is 5.69 Å². The number of rotatable bonds is 3. The fourth-order valence-electron chi connectivity index (χ4n) is 1.25. The zero-order chi connectivity index (χ0) is 11.6. The lowest BCUT2D eigenvalue weighted by molar-refractivity contribution is 0.0714. The van der Waals surface area contributed by atoms with Crippen LogP contribution in [0.15, 0.2) is 4.42 Å². The van der Waals surface area contributed by atoms with Gasteiger partial charge in [0.1, 0.15) is 0 Å². The van der Waals surface area contributed by atoms with Crippen molar-refractivity contribution in [2.24, 2.45) is 5.73 Å². The van der Waals surface area contributed by atoms with E-state index in [1.807, 2.05) is 6.92 Å². The van der Waals surface area contributed by atoms with Crippen molar-refractivity contribution in [3.8, 4) is 0 Å². The Morgan fingerprint density at radius 3 is 2.50 bits per heavy atom. The van der Waals surface area contributed by atoms with Gasteiger partial charge in [-0.25, -0.2) is 4.98 Å². The van der Waals surface area contributed by atoms with Gasteiger partial charge >= 0.3 is 0 Å². The third-order valence-corrected chi connectivity index (χ3v) is 2.42. The molecule has 1 aromatic rings. The first-order valence-corrected chi connectivity index (χ1v) is 4.88. The number of aromatic nitrogens is 1. The molecule has 0 fully saturated rings. The summed E-state index contributed by atoms with van der Waals surface area (Å²) in [5.74, 6) is 0.631. The number of likely N-dealkylation sites (N-methyl/N-ethyl adjacent to an activating group) is 1. The van der Waals surface area contributed by atoms with Gasteiger partial charge in [-0.2, -0.15) is 0 Å².